The summed E-state index contributed by atoms with van der Waals surface area (Å²) >= 11 is 0. The molecular formula is C7H11N3O. The van der Waals surface area contributed by atoms with Gasteiger partial charge in [0.2, 0.25) is 0 Å². The van der Waals surface area contributed by atoms with Crippen molar-refractivity contribution < 1.29 is 4.74 Å². The van der Waals surface area contributed by atoms with Crippen LogP contribution in [0.2, 0.25) is 0 Å². The summed E-state index contributed by atoms with van der Waals surface area (Å²) in [6, 6.07) is 0. The fraction of sp³-hybridized carbons (Fsp3) is 0.714. The first-order valence-electron chi connectivity index (χ1n) is 3.85. The number of ether oxygens (including phenoxy) is 1. The lowest BCUT2D eigenvalue weighted by atomic mass is 10.5. The highest BCUT2D eigenvalue weighted by atomic mass is 16.5. The second-order valence-electron chi connectivity index (χ2n) is 2.88. The first kappa shape index (κ1) is 6.79. The molecule has 1 aliphatic carbocycles. The van der Waals surface area contributed by atoms with E-state index in [1.54, 1.807) is 11.0 Å². The second-order valence-corrected chi connectivity index (χ2v) is 2.88. The molecule has 0 bridgehead atoms. The Morgan fingerprint density at radius 1 is 1.55 bits per heavy atom. The van der Waals surface area contributed by atoms with E-state index in [-0.39, 0.29) is 0 Å². The van der Waals surface area contributed by atoms with Gasteiger partial charge in [-0.25, -0.2) is 9.67 Å². The van der Waals surface area contributed by atoms with E-state index in [1.807, 2.05) is 0 Å². The molecule has 4 heteroatoms. The minimum Gasteiger partial charge on any atom is -0.359 e. The van der Waals surface area contributed by atoms with E-state index in [9.17, 15) is 0 Å². The molecule has 0 unspecified atom stereocenters. The van der Waals surface area contributed by atoms with Crippen LogP contribution in [0.4, 0.5) is 0 Å². The van der Waals surface area contributed by atoms with Gasteiger partial charge in [-0.15, -0.1) is 0 Å². The van der Waals surface area contributed by atoms with Crippen LogP contribution in [-0.4, -0.2) is 21.4 Å². The highest BCUT2D eigenvalue weighted by Gasteiger charge is 2.20. The molecule has 4 nitrogen and oxygen atoms in total. The van der Waals surface area contributed by atoms with E-state index in [0.29, 0.717) is 6.73 Å². The Hall–Kier alpha value is -0.900. The zero-order valence-corrected chi connectivity index (χ0v) is 6.31. The third-order valence-electron chi connectivity index (χ3n) is 1.74. The molecule has 1 fully saturated rings. The van der Waals surface area contributed by atoms with E-state index >= 15 is 0 Å². The molecule has 11 heavy (non-hydrogen) atoms. The van der Waals surface area contributed by atoms with Crippen molar-refractivity contribution in [2.75, 3.05) is 6.61 Å². The summed E-state index contributed by atoms with van der Waals surface area (Å²) in [6.07, 6.45) is 5.84. The van der Waals surface area contributed by atoms with Gasteiger partial charge in [0.25, 0.3) is 0 Å². The predicted molar refractivity (Wildman–Crippen MR) is 38.7 cm³/mol. The minimum atomic E-state index is 0.538. The van der Waals surface area contributed by atoms with Crippen LogP contribution in [0.5, 0.6) is 0 Å². The topological polar surface area (TPSA) is 39.9 Å². The van der Waals surface area contributed by atoms with Crippen LogP contribution in [0.15, 0.2) is 12.7 Å². The summed E-state index contributed by atoms with van der Waals surface area (Å²) in [5, 5.41) is 3.91. The van der Waals surface area contributed by atoms with Gasteiger partial charge in [0, 0.05) is 0 Å². The van der Waals surface area contributed by atoms with Crippen molar-refractivity contribution >= 4 is 0 Å². The molecule has 0 amide bonds. The van der Waals surface area contributed by atoms with Crippen LogP contribution in [0.3, 0.4) is 0 Å². The average molecular weight is 153 g/mol. The van der Waals surface area contributed by atoms with Gasteiger partial charge >= 0.3 is 0 Å². The van der Waals surface area contributed by atoms with E-state index < -0.39 is 0 Å². The molecular weight excluding hydrogens is 142 g/mol. The summed E-state index contributed by atoms with van der Waals surface area (Å²) in [5.74, 6) is 0.818. The number of hydrogen-bond donors (Lipinski definition) is 0. The fourth-order valence-corrected chi connectivity index (χ4v) is 0.897. The van der Waals surface area contributed by atoms with Gasteiger partial charge in [-0.05, 0) is 18.8 Å². The van der Waals surface area contributed by atoms with Crippen LogP contribution < -0.4 is 0 Å². The van der Waals surface area contributed by atoms with E-state index in [4.69, 9.17) is 4.74 Å². The van der Waals surface area contributed by atoms with Gasteiger partial charge < -0.3 is 4.74 Å². The number of hydrogen-bond acceptors (Lipinski definition) is 3. The van der Waals surface area contributed by atoms with Gasteiger partial charge in [-0.2, -0.15) is 5.10 Å². The van der Waals surface area contributed by atoms with Crippen molar-refractivity contribution in [1.82, 2.24) is 14.8 Å². The van der Waals surface area contributed by atoms with Crippen LogP contribution in [0.25, 0.3) is 0 Å². The second kappa shape index (κ2) is 3.00. The van der Waals surface area contributed by atoms with Crippen LogP contribution in [-0.2, 0) is 11.5 Å². The van der Waals surface area contributed by atoms with E-state index in [1.165, 1.54) is 19.2 Å². The highest BCUT2D eigenvalue weighted by molar-refractivity contribution is 4.71. The molecule has 1 saturated carbocycles. The van der Waals surface area contributed by atoms with Crippen LogP contribution >= 0.6 is 0 Å². The molecule has 0 N–H and O–H groups in total. The summed E-state index contributed by atoms with van der Waals surface area (Å²) in [5.41, 5.74) is 0. The molecule has 1 heterocycles. The molecule has 0 saturated heterocycles. The van der Waals surface area contributed by atoms with Gasteiger partial charge in [0.15, 0.2) is 0 Å². The average Bonchev–Trinajstić information content (AvgIpc) is 2.66. The molecule has 0 spiro atoms. The Balaban J connectivity index is 1.66. The highest BCUT2D eigenvalue weighted by Crippen LogP contribution is 2.28. The smallest absolute Gasteiger partial charge is 0.141 e. The van der Waals surface area contributed by atoms with Crippen molar-refractivity contribution in [1.29, 1.82) is 0 Å². The monoisotopic (exact) mass is 153 g/mol. The largest absolute Gasteiger partial charge is 0.359 e. The summed E-state index contributed by atoms with van der Waals surface area (Å²) in [4.78, 5) is 3.81. The van der Waals surface area contributed by atoms with Gasteiger partial charge in [-0.3, -0.25) is 0 Å². The molecule has 0 aromatic carbocycles. The minimum absolute atomic E-state index is 0.538. The summed E-state index contributed by atoms with van der Waals surface area (Å²) < 4.78 is 7.05. The number of aromatic nitrogens is 3. The number of rotatable bonds is 4. The zero-order valence-electron chi connectivity index (χ0n) is 6.31. The van der Waals surface area contributed by atoms with E-state index in [0.717, 1.165) is 12.5 Å². The maximum absolute atomic E-state index is 5.36. The summed E-state index contributed by atoms with van der Waals surface area (Å²) in [6.45, 7) is 1.41. The lowest BCUT2D eigenvalue weighted by Gasteiger charge is -2.00. The SMILES string of the molecule is c1ncn(COCC2CC2)n1. The van der Waals surface area contributed by atoms with Crippen LogP contribution in [0.1, 0.15) is 12.8 Å². The fourth-order valence-electron chi connectivity index (χ4n) is 0.897. The van der Waals surface area contributed by atoms with Crippen molar-refractivity contribution in [3.05, 3.63) is 12.7 Å². The lowest BCUT2D eigenvalue weighted by Crippen LogP contribution is -2.04. The Morgan fingerprint density at radius 3 is 3.09 bits per heavy atom. The molecule has 60 valence electrons. The third kappa shape index (κ3) is 2.01. The summed E-state index contributed by atoms with van der Waals surface area (Å²) in [7, 11) is 0. The zero-order chi connectivity index (χ0) is 7.52. The molecule has 0 radical (unpaired) electrons. The first-order valence-corrected chi connectivity index (χ1v) is 3.85. The molecule has 0 atom stereocenters. The van der Waals surface area contributed by atoms with Gasteiger partial charge in [-0.1, -0.05) is 0 Å². The maximum atomic E-state index is 5.36. The van der Waals surface area contributed by atoms with Crippen LogP contribution in [0, 0.1) is 5.92 Å². The lowest BCUT2D eigenvalue weighted by molar-refractivity contribution is 0.0610. The van der Waals surface area contributed by atoms with Gasteiger partial charge in [0.05, 0.1) is 6.61 Å². The maximum Gasteiger partial charge on any atom is 0.141 e. The normalized spacial score (nSPS) is 17.1. The third-order valence-corrected chi connectivity index (χ3v) is 1.74. The molecule has 1 aromatic heterocycles. The molecule has 2 rings (SSSR count). The van der Waals surface area contributed by atoms with E-state index in [2.05, 4.69) is 10.1 Å². The molecule has 1 aliphatic rings. The predicted octanol–water partition coefficient (Wildman–Crippen LogP) is 0.662. The van der Waals surface area contributed by atoms with Crippen molar-refractivity contribution in [3.63, 3.8) is 0 Å². The standard InChI is InChI=1S/C7H11N3O/c1-2-7(1)3-11-6-10-5-8-4-9-10/h4-5,7H,1-3,6H2. The Kier molecular flexibility index (Phi) is 1.85. The first-order chi connectivity index (χ1) is 5.45. The van der Waals surface area contributed by atoms with Crippen molar-refractivity contribution in [2.24, 2.45) is 5.92 Å². The molecule has 1 aromatic rings. The Labute approximate surface area is 65.2 Å². The van der Waals surface area contributed by atoms with Crippen molar-refractivity contribution in [3.8, 4) is 0 Å². The van der Waals surface area contributed by atoms with Gasteiger partial charge in [0.1, 0.15) is 19.4 Å². The molecule has 0 aliphatic heterocycles. The Bertz CT molecular complexity index is 205. The quantitative estimate of drug-likeness (QED) is 0.638. The Morgan fingerprint density at radius 2 is 2.45 bits per heavy atom. The number of nitrogens with zero attached hydrogens (tertiary/aromatic N) is 3. The van der Waals surface area contributed by atoms with Crippen molar-refractivity contribution in [2.45, 2.75) is 19.6 Å².